The number of rotatable bonds is 5. The van der Waals surface area contributed by atoms with E-state index < -0.39 is 5.97 Å². The van der Waals surface area contributed by atoms with Gasteiger partial charge in [-0.1, -0.05) is 41.0 Å². The van der Waals surface area contributed by atoms with Crippen LogP contribution in [0.2, 0.25) is 10.2 Å². The summed E-state index contributed by atoms with van der Waals surface area (Å²) in [6.45, 7) is 0. The summed E-state index contributed by atoms with van der Waals surface area (Å²) in [5.41, 5.74) is 1.44. The fraction of sp³-hybridized carbons (Fsp3) is 0.125. The third-order valence-electron chi connectivity index (χ3n) is 3.28. The summed E-state index contributed by atoms with van der Waals surface area (Å²) in [6.07, 6.45) is 0. The number of aromatic nitrogens is 3. The highest BCUT2D eigenvalue weighted by molar-refractivity contribution is 7.99. The van der Waals surface area contributed by atoms with Crippen molar-refractivity contribution in [1.82, 2.24) is 15.0 Å². The van der Waals surface area contributed by atoms with Gasteiger partial charge < -0.3 is 15.0 Å². The van der Waals surface area contributed by atoms with Crippen LogP contribution in [0, 0.1) is 0 Å². The zero-order valence-electron chi connectivity index (χ0n) is 13.4. The molecule has 7 nitrogen and oxygen atoms in total. The van der Waals surface area contributed by atoms with Crippen LogP contribution in [-0.4, -0.2) is 39.7 Å². The van der Waals surface area contributed by atoms with Gasteiger partial charge in [-0.3, -0.25) is 4.79 Å². The van der Waals surface area contributed by atoms with Gasteiger partial charge in [0, 0.05) is 0 Å². The van der Waals surface area contributed by atoms with Crippen molar-refractivity contribution in [2.24, 2.45) is 0 Å². The van der Waals surface area contributed by atoms with Crippen LogP contribution in [0.4, 0.5) is 5.82 Å². The molecule has 0 saturated heterocycles. The second-order valence-electron chi connectivity index (χ2n) is 5.07. The van der Waals surface area contributed by atoms with E-state index in [2.05, 4.69) is 25.0 Å². The highest BCUT2D eigenvalue weighted by Crippen LogP contribution is 2.26. The Hall–Kier alpha value is -2.29. The summed E-state index contributed by atoms with van der Waals surface area (Å²) < 4.78 is 4.68. The van der Waals surface area contributed by atoms with Crippen LogP contribution >= 0.6 is 35.0 Å². The van der Waals surface area contributed by atoms with E-state index in [9.17, 15) is 9.59 Å². The molecule has 0 bridgehead atoms. The Morgan fingerprint density at radius 3 is 2.81 bits per heavy atom. The van der Waals surface area contributed by atoms with E-state index in [0.717, 1.165) is 0 Å². The smallest absolute Gasteiger partial charge is 0.339 e. The summed E-state index contributed by atoms with van der Waals surface area (Å²) >= 11 is 13.1. The fourth-order valence-electron chi connectivity index (χ4n) is 2.13. The Kier molecular flexibility index (Phi) is 5.65. The topological polar surface area (TPSA) is 97.0 Å². The Morgan fingerprint density at radius 1 is 1.27 bits per heavy atom. The van der Waals surface area contributed by atoms with Crippen LogP contribution in [0.3, 0.4) is 0 Å². The molecule has 0 fully saturated rings. The van der Waals surface area contributed by atoms with Gasteiger partial charge in [-0.15, -0.1) is 0 Å². The van der Waals surface area contributed by atoms with Crippen molar-refractivity contribution in [1.29, 1.82) is 0 Å². The van der Waals surface area contributed by atoms with Gasteiger partial charge in [0.2, 0.25) is 5.91 Å². The molecular formula is C16H12Cl2N4O3S. The van der Waals surface area contributed by atoms with Crippen LogP contribution in [0.1, 0.15) is 10.4 Å². The highest BCUT2D eigenvalue weighted by Gasteiger charge is 2.15. The summed E-state index contributed by atoms with van der Waals surface area (Å²) in [5, 5.41) is 3.72. The maximum absolute atomic E-state index is 12.0. The van der Waals surface area contributed by atoms with E-state index in [1.54, 1.807) is 30.3 Å². The molecule has 0 unspecified atom stereocenters. The molecule has 26 heavy (non-hydrogen) atoms. The van der Waals surface area contributed by atoms with Crippen LogP contribution in [0.15, 0.2) is 35.5 Å². The minimum atomic E-state index is -0.539. The van der Waals surface area contributed by atoms with E-state index in [1.165, 1.54) is 18.9 Å². The molecule has 0 aliphatic rings. The van der Waals surface area contributed by atoms with Gasteiger partial charge in [0.05, 0.1) is 34.5 Å². The largest absolute Gasteiger partial charge is 0.465 e. The number of carbonyl (C=O) groups excluding carboxylic acids is 2. The van der Waals surface area contributed by atoms with Crippen LogP contribution in [-0.2, 0) is 9.53 Å². The number of aromatic amines is 1. The van der Waals surface area contributed by atoms with E-state index in [-0.39, 0.29) is 22.2 Å². The normalized spacial score (nSPS) is 10.7. The Balaban J connectivity index is 1.69. The van der Waals surface area contributed by atoms with Gasteiger partial charge in [0.25, 0.3) is 0 Å². The number of anilines is 1. The second-order valence-corrected chi connectivity index (χ2v) is 6.82. The van der Waals surface area contributed by atoms with Crippen LogP contribution in [0.25, 0.3) is 11.0 Å². The number of thioether (sulfide) groups is 1. The van der Waals surface area contributed by atoms with Crippen molar-refractivity contribution in [3.63, 3.8) is 0 Å². The average Bonchev–Trinajstić information content (AvgIpc) is 3.00. The fourth-order valence-corrected chi connectivity index (χ4v) is 3.22. The number of methoxy groups -OCH3 is 1. The van der Waals surface area contributed by atoms with Crippen molar-refractivity contribution in [2.45, 2.75) is 5.16 Å². The van der Waals surface area contributed by atoms with Gasteiger partial charge in [-0.2, -0.15) is 0 Å². The number of ether oxygens (including phenoxy) is 1. The molecule has 0 radical (unpaired) electrons. The van der Waals surface area contributed by atoms with Crippen molar-refractivity contribution in [3.8, 4) is 0 Å². The SMILES string of the molecule is COC(=O)c1cc2nc(SCC(=O)Nc3cccc(Cl)n3)[nH]c2cc1Cl. The lowest BCUT2D eigenvalue weighted by atomic mass is 10.2. The minimum absolute atomic E-state index is 0.117. The molecular weight excluding hydrogens is 399 g/mol. The standard InChI is InChI=1S/C16H12Cl2N4O3S/c1-25-15(24)8-5-10-11(6-9(8)17)20-16(19-10)26-7-14(23)22-13-4-2-3-12(18)21-13/h2-6H,7H2,1H3,(H,19,20)(H,21,22,23). The summed E-state index contributed by atoms with van der Waals surface area (Å²) in [6, 6.07) is 8.09. The molecule has 3 rings (SSSR count). The Morgan fingerprint density at radius 2 is 2.08 bits per heavy atom. The first-order valence-electron chi connectivity index (χ1n) is 7.29. The number of hydrogen-bond donors (Lipinski definition) is 2. The zero-order chi connectivity index (χ0) is 18.7. The summed E-state index contributed by atoms with van der Waals surface area (Å²) in [5.74, 6) is -0.297. The minimum Gasteiger partial charge on any atom is -0.465 e. The maximum atomic E-state index is 12.0. The molecule has 2 aromatic heterocycles. The molecule has 1 aromatic carbocycles. The number of pyridine rings is 1. The molecule has 0 aliphatic heterocycles. The molecule has 0 aliphatic carbocycles. The van der Waals surface area contributed by atoms with Gasteiger partial charge in [-0.05, 0) is 24.3 Å². The lowest BCUT2D eigenvalue weighted by Crippen LogP contribution is -2.15. The van der Waals surface area contributed by atoms with E-state index >= 15 is 0 Å². The number of nitrogens with one attached hydrogen (secondary N) is 2. The molecule has 0 atom stereocenters. The number of hydrogen-bond acceptors (Lipinski definition) is 6. The number of nitrogens with zero attached hydrogens (tertiary/aromatic N) is 2. The van der Waals surface area contributed by atoms with Gasteiger partial charge in [0.1, 0.15) is 11.0 Å². The zero-order valence-corrected chi connectivity index (χ0v) is 15.7. The van der Waals surface area contributed by atoms with E-state index in [0.29, 0.717) is 27.2 Å². The third-order valence-corrected chi connectivity index (χ3v) is 4.67. The van der Waals surface area contributed by atoms with Gasteiger partial charge in [-0.25, -0.2) is 14.8 Å². The Labute approximate surface area is 162 Å². The van der Waals surface area contributed by atoms with Gasteiger partial charge in [0.15, 0.2) is 5.16 Å². The number of carbonyl (C=O) groups is 2. The number of amides is 1. The summed E-state index contributed by atoms with van der Waals surface area (Å²) in [4.78, 5) is 35.1. The molecule has 3 aromatic rings. The first kappa shape index (κ1) is 18.5. The van der Waals surface area contributed by atoms with Crippen molar-refractivity contribution >= 4 is 63.7 Å². The number of imidazole rings is 1. The lowest BCUT2D eigenvalue weighted by Gasteiger charge is -2.03. The van der Waals surface area contributed by atoms with Crippen LogP contribution in [0.5, 0.6) is 0 Å². The number of H-pyrrole nitrogens is 1. The van der Waals surface area contributed by atoms with Crippen molar-refractivity contribution in [2.75, 3.05) is 18.2 Å². The molecule has 2 N–H and O–H groups in total. The van der Waals surface area contributed by atoms with E-state index in [1.807, 2.05) is 0 Å². The average molecular weight is 411 g/mol. The number of esters is 1. The molecule has 0 spiro atoms. The monoisotopic (exact) mass is 410 g/mol. The van der Waals surface area contributed by atoms with Crippen molar-refractivity contribution in [3.05, 3.63) is 46.1 Å². The van der Waals surface area contributed by atoms with E-state index in [4.69, 9.17) is 23.2 Å². The van der Waals surface area contributed by atoms with Crippen molar-refractivity contribution < 1.29 is 14.3 Å². The Bertz CT molecular complexity index is 993. The second kappa shape index (κ2) is 7.94. The molecule has 10 heteroatoms. The molecule has 134 valence electrons. The molecule has 1 amide bonds. The van der Waals surface area contributed by atoms with Crippen LogP contribution < -0.4 is 5.32 Å². The molecule has 0 saturated carbocycles. The number of halogens is 2. The maximum Gasteiger partial charge on any atom is 0.339 e. The molecule has 2 heterocycles. The summed E-state index contributed by atoms with van der Waals surface area (Å²) in [7, 11) is 1.28. The quantitative estimate of drug-likeness (QED) is 0.377. The lowest BCUT2D eigenvalue weighted by molar-refractivity contribution is -0.113. The third kappa shape index (κ3) is 4.27. The number of fused-ring (bicyclic) bond motifs is 1. The predicted octanol–water partition coefficient (Wildman–Crippen LogP) is 3.78. The first-order valence-corrected chi connectivity index (χ1v) is 9.03. The highest BCUT2D eigenvalue weighted by atomic mass is 35.5. The number of benzene rings is 1. The first-order chi connectivity index (χ1) is 12.5. The predicted molar refractivity (Wildman–Crippen MR) is 101 cm³/mol. The van der Waals surface area contributed by atoms with Gasteiger partial charge >= 0.3 is 5.97 Å².